The lowest BCUT2D eigenvalue weighted by atomic mass is 10.0. The summed E-state index contributed by atoms with van der Waals surface area (Å²) in [5.74, 6) is 0.658. The van der Waals surface area contributed by atoms with Crippen LogP contribution in [0.25, 0.3) is 0 Å². The zero-order valence-electron chi connectivity index (χ0n) is 13.0. The first kappa shape index (κ1) is 15.6. The Labute approximate surface area is 129 Å². The normalized spacial score (nSPS) is 10.7. The molecule has 0 saturated carbocycles. The number of aryl methyl sites for hydroxylation is 3. The van der Waals surface area contributed by atoms with Crippen molar-refractivity contribution in [1.29, 1.82) is 0 Å². The quantitative estimate of drug-likeness (QED) is 0.869. The zero-order valence-corrected chi connectivity index (χ0v) is 13.9. The summed E-state index contributed by atoms with van der Waals surface area (Å²) in [6, 6.07) is 3.89. The van der Waals surface area contributed by atoms with E-state index in [9.17, 15) is 4.79 Å². The third kappa shape index (κ3) is 3.67. The van der Waals surface area contributed by atoms with E-state index in [0.717, 1.165) is 5.69 Å². The van der Waals surface area contributed by atoms with Gasteiger partial charge in [0.15, 0.2) is 0 Å². The van der Waals surface area contributed by atoms with Gasteiger partial charge in [-0.1, -0.05) is 11.2 Å². The standard InChI is InChI=1S/C16H20N2O2S/c1-9-6-10(2)13(5)16(12(9)4)21-8-14(19)17-15-7-11(3)18-20-15/h6-7H,8H2,1-5H3,(H,17,19). The third-order valence-corrected chi connectivity index (χ3v) is 4.84. The number of amides is 1. The van der Waals surface area contributed by atoms with Gasteiger partial charge in [0.05, 0.1) is 11.4 Å². The second kappa shape index (κ2) is 6.35. The first-order valence-corrected chi connectivity index (χ1v) is 7.80. The van der Waals surface area contributed by atoms with E-state index in [-0.39, 0.29) is 5.91 Å². The minimum Gasteiger partial charge on any atom is -0.338 e. The van der Waals surface area contributed by atoms with Crippen molar-refractivity contribution in [3.05, 3.63) is 40.1 Å². The lowest BCUT2D eigenvalue weighted by molar-refractivity contribution is -0.113. The van der Waals surface area contributed by atoms with Gasteiger partial charge >= 0.3 is 0 Å². The van der Waals surface area contributed by atoms with Gasteiger partial charge in [0.1, 0.15) is 0 Å². The molecule has 2 rings (SSSR count). The molecule has 0 saturated heterocycles. The highest BCUT2D eigenvalue weighted by Gasteiger charge is 2.12. The van der Waals surface area contributed by atoms with E-state index >= 15 is 0 Å². The summed E-state index contributed by atoms with van der Waals surface area (Å²) in [5.41, 5.74) is 5.75. The third-order valence-electron chi connectivity index (χ3n) is 3.54. The average Bonchev–Trinajstić information content (AvgIpc) is 2.82. The molecule has 0 aliphatic carbocycles. The second-order valence-corrected chi connectivity index (χ2v) is 6.24. The number of benzene rings is 1. The largest absolute Gasteiger partial charge is 0.338 e. The molecule has 1 N–H and O–H groups in total. The molecule has 0 aliphatic rings. The second-order valence-electron chi connectivity index (χ2n) is 5.26. The minimum absolute atomic E-state index is 0.0888. The van der Waals surface area contributed by atoms with Gasteiger partial charge in [0.25, 0.3) is 0 Å². The number of hydrogen-bond acceptors (Lipinski definition) is 4. The lowest BCUT2D eigenvalue weighted by Crippen LogP contribution is -2.13. The molecule has 1 aromatic heterocycles. The summed E-state index contributed by atoms with van der Waals surface area (Å²) in [7, 11) is 0. The molecule has 5 heteroatoms. The van der Waals surface area contributed by atoms with Crippen LogP contribution in [-0.4, -0.2) is 16.8 Å². The fourth-order valence-corrected chi connectivity index (χ4v) is 3.23. The van der Waals surface area contributed by atoms with E-state index in [4.69, 9.17) is 4.52 Å². The van der Waals surface area contributed by atoms with Crippen molar-refractivity contribution < 1.29 is 9.32 Å². The molecular formula is C16H20N2O2S. The van der Waals surface area contributed by atoms with Gasteiger partial charge in [-0.25, -0.2) is 0 Å². The minimum atomic E-state index is -0.0888. The van der Waals surface area contributed by atoms with E-state index in [0.29, 0.717) is 11.6 Å². The van der Waals surface area contributed by atoms with Crippen LogP contribution in [0.3, 0.4) is 0 Å². The van der Waals surface area contributed by atoms with Crippen LogP contribution in [0.2, 0.25) is 0 Å². The molecule has 2 aromatic rings. The highest BCUT2D eigenvalue weighted by Crippen LogP contribution is 2.30. The van der Waals surface area contributed by atoms with E-state index in [2.05, 4.69) is 44.2 Å². The first-order valence-electron chi connectivity index (χ1n) is 6.82. The molecule has 112 valence electrons. The van der Waals surface area contributed by atoms with Gasteiger partial charge in [0, 0.05) is 11.0 Å². The van der Waals surface area contributed by atoms with Gasteiger partial charge in [0.2, 0.25) is 11.8 Å². The topological polar surface area (TPSA) is 55.1 Å². The molecule has 0 spiro atoms. The molecule has 0 atom stereocenters. The Hall–Kier alpha value is -1.75. The van der Waals surface area contributed by atoms with Crippen LogP contribution >= 0.6 is 11.8 Å². The Balaban J connectivity index is 2.04. The van der Waals surface area contributed by atoms with Crippen molar-refractivity contribution in [3.63, 3.8) is 0 Å². The van der Waals surface area contributed by atoms with Gasteiger partial charge < -0.3 is 4.52 Å². The summed E-state index contributed by atoms with van der Waals surface area (Å²) in [5, 5.41) is 6.46. The number of rotatable bonds is 4. The molecule has 4 nitrogen and oxygen atoms in total. The highest BCUT2D eigenvalue weighted by molar-refractivity contribution is 8.00. The molecule has 0 unspecified atom stereocenters. The van der Waals surface area contributed by atoms with Gasteiger partial charge in [-0.2, -0.15) is 0 Å². The van der Waals surface area contributed by atoms with Crippen molar-refractivity contribution in [2.75, 3.05) is 11.1 Å². The van der Waals surface area contributed by atoms with E-state index in [1.807, 2.05) is 6.92 Å². The molecule has 1 amide bonds. The number of hydrogen-bond donors (Lipinski definition) is 1. The smallest absolute Gasteiger partial charge is 0.237 e. The molecule has 1 heterocycles. The van der Waals surface area contributed by atoms with Crippen molar-refractivity contribution in [3.8, 4) is 0 Å². The molecule has 1 aromatic carbocycles. The number of thioether (sulfide) groups is 1. The predicted octanol–water partition coefficient (Wildman–Crippen LogP) is 3.95. The Morgan fingerprint density at radius 1 is 1.14 bits per heavy atom. The Morgan fingerprint density at radius 3 is 2.29 bits per heavy atom. The Morgan fingerprint density at radius 2 is 1.76 bits per heavy atom. The number of carbonyl (C=O) groups excluding carboxylic acids is 1. The summed E-state index contributed by atoms with van der Waals surface area (Å²) >= 11 is 1.56. The molecular weight excluding hydrogens is 284 g/mol. The summed E-state index contributed by atoms with van der Waals surface area (Å²) in [6.45, 7) is 10.2. The van der Waals surface area contributed by atoms with Crippen LogP contribution in [0.1, 0.15) is 27.9 Å². The first-order chi connectivity index (χ1) is 9.88. The molecule has 0 bridgehead atoms. The monoisotopic (exact) mass is 304 g/mol. The summed E-state index contributed by atoms with van der Waals surface area (Å²) in [6.07, 6.45) is 0. The fourth-order valence-electron chi connectivity index (χ4n) is 2.13. The Bertz CT molecular complexity index is 651. The zero-order chi connectivity index (χ0) is 15.6. The summed E-state index contributed by atoms with van der Waals surface area (Å²) < 4.78 is 4.98. The molecule has 0 fully saturated rings. The average molecular weight is 304 g/mol. The highest BCUT2D eigenvalue weighted by atomic mass is 32.2. The van der Waals surface area contributed by atoms with Crippen molar-refractivity contribution in [2.45, 2.75) is 39.5 Å². The van der Waals surface area contributed by atoms with E-state index in [1.165, 1.54) is 27.1 Å². The maximum absolute atomic E-state index is 12.0. The molecule has 0 radical (unpaired) electrons. The molecule has 0 aliphatic heterocycles. The predicted molar refractivity (Wildman–Crippen MR) is 86.0 cm³/mol. The number of aromatic nitrogens is 1. The number of nitrogens with one attached hydrogen (secondary N) is 1. The number of nitrogens with zero attached hydrogens (tertiary/aromatic N) is 1. The van der Waals surface area contributed by atoms with Crippen molar-refractivity contribution in [1.82, 2.24) is 5.16 Å². The summed E-state index contributed by atoms with van der Waals surface area (Å²) in [4.78, 5) is 13.2. The van der Waals surface area contributed by atoms with Gasteiger partial charge in [-0.3, -0.25) is 10.1 Å². The fraction of sp³-hybridized carbons (Fsp3) is 0.375. The maximum atomic E-state index is 12.0. The van der Waals surface area contributed by atoms with E-state index in [1.54, 1.807) is 17.8 Å². The number of anilines is 1. The van der Waals surface area contributed by atoms with Crippen LogP contribution in [0.15, 0.2) is 21.6 Å². The Kier molecular flexibility index (Phi) is 4.73. The van der Waals surface area contributed by atoms with Gasteiger partial charge in [-0.05, 0) is 56.9 Å². The van der Waals surface area contributed by atoms with Crippen LogP contribution in [0.4, 0.5) is 5.88 Å². The van der Waals surface area contributed by atoms with Gasteiger partial charge in [-0.15, -0.1) is 11.8 Å². The van der Waals surface area contributed by atoms with Crippen LogP contribution in [0.5, 0.6) is 0 Å². The number of carbonyl (C=O) groups is 1. The SMILES string of the molecule is Cc1cc(NC(=O)CSc2c(C)c(C)cc(C)c2C)on1. The van der Waals surface area contributed by atoms with Crippen LogP contribution in [-0.2, 0) is 4.79 Å². The van der Waals surface area contributed by atoms with Crippen LogP contribution in [0, 0.1) is 34.6 Å². The van der Waals surface area contributed by atoms with Crippen molar-refractivity contribution in [2.24, 2.45) is 0 Å². The van der Waals surface area contributed by atoms with Crippen LogP contribution < -0.4 is 5.32 Å². The van der Waals surface area contributed by atoms with E-state index < -0.39 is 0 Å². The van der Waals surface area contributed by atoms with Crippen molar-refractivity contribution >= 4 is 23.6 Å². The molecule has 21 heavy (non-hydrogen) atoms. The lowest BCUT2D eigenvalue weighted by Gasteiger charge is -2.14. The maximum Gasteiger partial charge on any atom is 0.237 e.